The fourth-order valence-corrected chi connectivity index (χ4v) is 2.30. The van der Waals surface area contributed by atoms with Crippen LogP contribution in [0.3, 0.4) is 0 Å². The highest BCUT2D eigenvalue weighted by Gasteiger charge is 2.06. The molecule has 0 radical (unpaired) electrons. The average molecular weight is 275 g/mol. The normalized spacial score (nSPS) is 10.6. The first kappa shape index (κ1) is 11.8. The lowest BCUT2D eigenvalue weighted by Gasteiger charge is -2.00. The van der Waals surface area contributed by atoms with E-state index in [2.05, 4.69) is 10.1 Å². The summed E-state index contributed by atoms with van der Waals surface area (Å²) < 4.78 is 4.89. The Kier molecular flexibility index (Phi) is 4.09. The van der Waals surface area contributed by atoms with Crippen LogP contribution in [-0.4, -0.2) is 10.1 Å². The first-order valence-corrected chi connectivity index (χ1v) is 6.44. The molecule has 0 aliphatic carbocycles. The standard InChI is InChI=1S/C10H8Cl2N2OS/c11-5-10-13-9(14-15-10)6-16-8-4-2-1-3-7(8)12/h1-4H,5-6H2. The van der Waals surface area contributed by atoms with Crippen LogP contribution in [0.15, 0.2) is 33.7 Å². The highest BCUT2D eigenvalue weighted by molar-refractivity contribution is 7.98. The van der Waals surface area contributed by atoms with E-state index in [0.717, 1.165) is 9.92 Å². The van der Waals surface area contributed by atoms with E-state index in [-0.39, 0.29) is 5.88 Å². The number of thioether (sulfide) groups is 1. The van der Waals surface area contributed by atoms with E-state index in [9.17, 15) is 0 Å². The van der Waals surface area contributed by atoms with Crippen molar-refractivity contribution in [3.63, 3.8) is 0 Å². The Morgan fingerprint density at radius 1 is 1.31 bits per heavy atom. The fraction of sp³-hybridized carbons (Fsp3) is 0.200. The summed E-state index contributed by atoms with van der Waals surface area (Å²) in [6.45, 7) is 0. The first-order valence-electron chi connectivity index (χ1n) is 4.54. The molecular formula is C10H8Cl2N2OS. The number of halogens is 2. The summed E-state index contributed by atoms with van der Waals surface area (Å²) in [5.41, 5.74) is 0. The van der Waals surface area contributed by atoms with Gasteiger partial charge in [-0.3, -0.25) is 0 Å². The zero-order valence-corrected chi connectivity index (χ0v) is 10.5. The maximum absolute atomic E-state index is 6.02. The van der Waals surface area contributed by atoms with Crippen LogP contribution in [0.1, 0.15) is 11.7 Å². The van der Waals surface area contributed by atoms with E-state index in [4.69, 9.17) is 27.7 Å². The number of rotatable bonds is 4. The second-order valence-electron chi connectivity index (χ2n) is 2.96. The monoisotopic (exact) mass is 274 g/mol. The molecule has 0 fully saturated rings. The Balaban J connectivity index is 1.99. The van der Waals surface area contributed by atoms with E-state index >= 15 is 0 Å². The molecule has 0 spiro atoms. The fourth-order valence-electron chi connectivity index (χ4n) is 1.11. The zero-order valence-electron chi connectivity index (χ0n) is 8.19. The molecule has 6 heteroatoms. The second-order valence-corrected chi connectivity index (χ2v) is 4.65. The van der Waals surface area contributed by atoms with Gasteiger partial charge in [-0.2, -0.15) is 4.98 Å². The molecule has 0 amide bonds. The summed E-state index contributed by atoms with van der Waals surface area (Å²) in [6.07, 6.45) is 0. The summed E-state index contributed by atoms with van der Waals surface area (Å²) in [5.74, 6) is 1.92. The summed E-state index contributed by atoms with van der Waals surface area (Å²) in [7, 11) is 0. The van der Waals surface area contributed by atoms with Gasteiger partial charge in [0, 0.05) is 4.90 Å². The van der Waals surface area contributed by atoms with Crippen molar-refractivity contribution in [1.29, 1.82) is 0 Å². The maximum atomic E-state index is 6.02. The van der Waals surface area contributed by atoms with Gasteiger partial charge in [-0.15, -0.1) is 23.4 Å². The average Bonchev–Trinajstić information content (AvgIpc) is 2.76. The van der Waals surface area contributed by atoms with Gasteiger partial charge in [0.2, 0.25) is 5.89 Å². The van der Waals surface area contributed by atoms with Gasteiger partial charge in [-0.25, -0.2) is 0 Å². The number of hydrogen-bond donors (Lipinski definition) is 0. The third-order valence-electron chi connectivity index (χ3n) is 1.82. The molecule has 0 bridgehead atoms. The van der Waals surface area contributed by atoms with Gasteiger partial charge in [0.1, 0.15) is 5.88 Å². The molecule has 2 rings (SSSR count). The maximum Gasteiger partial charge on any atom is 0.241 e. The van der Waals surface area contributed by atoms with Crippen molar-refractivity contribution in [2.45, 2.75) is 16.5 Å². The number of aromatic nitrogens is 2. The van der Waals surface area contributed by atoms with E-state index in [1.54, 1.807) is 11.8 Å². The molecular weight excluding hydrogens is 267 g/mol. The van der Waals surface area contributed by atoms with Gasteiger partial charge in [-0.1, -0.05) is 28.9 Å². The third-order valence-corrected chi connectivity index (χ3v) is 3.56. The zero-order chi connectivity index (χ0) is 11.4. The van der Waals surface area contributed by atoms with Crippen molar-refractivity contribution in [3.05, 3.63) is 41.0 Å². The van der Waals surface area contributed by atoms with E-state index < -0.39 is 0 Å². The lowest BCUT2D eigenvalue weighted by molar-refractivity contribution is 0.386. The topological polar surface area (TPSA) is 38.9 Å². The SMILES string of the molecule is ClCc1nc(CSc2ccccc2Cl)no1. The Hall–Kier alpha value is -0.710. The molecule has 16 heavy (non-hydrogen) atoms. The number of nitrogens with zero attached hydrogens (tertiary/aromatic N) is 2. The smallest absolute Gasteiger partial charge is 0.241 e. The summed E-state index contributed by atoms with van der Waals surface area (Å²) >= 11 is 13.1. The van der Waals surface area contributed by atoms with Crippen LogP contribution in [0.25, 0.3) is 0 Å². The molecule has 3 nitrogen and oxygen atoms in total. The van der Waals surface area contributed by atoms with Gasteiger partial charge in [0.05, 0.1) is 10.8 Å². The molecule has 0 aliphatic rings. The van der Waals surface area contributed by atoms with Crippen LogP contribution >= 0.6 is 35.0 Å². The third kappa shape index (κ3) is 2.90. The molecule has 1 aromatic carbocycles. The number of alkyl halides is 1. The quantitative estimate of drug-likeness (QED) is 0.629. The molecule has 2 aromatic rings. The van der Waals surface area contributed by atoms with Gasteiger partial charge in [-0.05, 0) is 12.1 Å². The van der Waals surface area contributed by atoms with Crippen molar-refractivity contribution in [3.8, 4) is 0 Å². The van der Waals surface area contributed by atoms with Crippen LogP contribution in [0.4, 0.5) is 0 Å². The molecule has 1 heterocycles. The van der Waals surface area contributed by atoms with E-state index in [1.807, 2.05) is 24.3 Å². The highest BCUT2D eigenvalue weighted by atomic mass is 35.5. The molecule has 84 valence electrons. The summed E-state index contributed by atoms with van der Waals surface area (Å²) in [6, 6.07) is 7.64. The van der Waals surface area contributed by atoms with Gasteiger partial charge in [0.25, 0.3) is 0 Å². The Bertz CT molecular complexity index is 475. The van der Waals surface area contributed by atoms with Gasteiger partial charge in [0.15, 0.2) is 5.82 Å². The Labute approximate surface area is 107 Å². The predicted octanol–water partition coefficient (Wildman–Crippen LogP) is 3.75. The predicted molar refractivity (Wildman–Crippen MR) is 64.9 cm³/mol. The van der Waals surface area contributed by atoms with Crippen LogP contribution in [0.2, 0.25) is 5.02 Å². The Morgan fingerprint density at radius 3 is 2.81 bits per heavy atom. The van der Waals surface area contributed by atoms with Crippen molar-refractivity contribution >= 4 is 35.0 Å². The molecule has 0 unspecified atom stereocenters. The highest BCUT2D eigenvalue weighted by Crippen LogP contribution is 2.28. The van der Waals surface area contributed by atoms with Gasteiger partial charge < -0.3 is 4.52 Å². The van der Waals surface area contributed by atoms with E-state index in [1.165, 1.54) is 0 Å². The molecule has 0 aliphatic heterocycles. The van der Waals surface area contributed by atoms with E-state index in [0.29, 0.717) is 17.5 Å². The van der Waals surface area contributed by atoms with Crippen molar-refractivity contribution in [1.82, 2.24) is 10.1 Å². The molecule has 1 aromatic heterocycles. The van der Waals surface area contributed by atoms with Crippen molar-refractivity contribution in [2.24, 2.45) is 0 Å². The second kappa shape index (κ2) is 5.57. The molecule has 0 saturated carbocycles. The molecule has 0 atom stereocenters. The number of benzene rings is 1. The van der Waals surface area contributed by atoms with Crippen LogP contribution < -0.4 is 0 Å². The number of hydrogen-bond acceptors (Lipinski definition) is 4. The van der Waals surface area contributed by atoms with Crippen LogP contribution in [0, 0.1) is 0 Å². The van der Waals surface area contributed by atoms with Crippen molar-refractivity contribution < 1.29 is 4.52 Å². The van der Waals surface area contributed by atoms with Crippen LogP contribution in [0.5, 0.6) is 0 Å². The minimum atomic E-state index is 0.240. The summed E-state index contributed by atoms with van der Waals surface area (Å²) in [4.78, 5) is 5.10. The largest absolute Gasteiger partial charge is 0.338 e. The Morgan fingerprint density at radius 2 is 2.12 bits per heavy atom. The summed E-state index contributed by atoms with van der Waals surface area (Å²) in [5, 5.41) is 4.53. The van der Waals surface area contributed by atoms with Crippen molar-refractivity contribution in [2.75, 3.05) is 0 Å². The minimum absolute atomic E-state index is 0.240. The van der Waals surface area contributed by atoms with Crippen LogP contribution in [-0.2, 0) is 11.6 Å². The van der Waals surface area contributed by atoms with Gasteiger partial charge >= 0.3 is 0 Å². The first-order chi connectivity index (χ1) is 7.79. The minimum Gasteiger partial charge on any atom is -0.338 e. The molecule has 0 N–H and O–H groups in total. The molecule has 0 saturated heterocycles. The lowest BCUT2D eigenvalue weighted by Crippen LogP contribution is -1.85. The lowest BCUT2D eigenvalue weighted by atomic mass is 10.4.